The van der Waals surface area contributed by atoms with Gasteiger partial charge < -0.3 is 10.0 Å². The monoisotopic (exact) mass is 206 g/mol. The molecule has 1 N–H and O–H groups in total. The van der Waals surface area contributed by atoms with Gasteiger partial charge in [-0.15, -0.1) is 0 Å². The van der Waals surface area contributed by atoms with Crippen LogP contribution < -0.4 is 0 Å². The van der Waals surface area contributed by atoms with Crippen molar-refractivity contribution in [3.8, 4) is 0 Å². The molecule has 1 aromatic heterocycles. The summed E-state index contributed by atoms with van der Waals surface area (Å²) in [5.41, 5.74) is 1.05. The molecule has 1 saturated heterocycles. The third-order valence-corrected chi connectivity index (χ3v) is 2.77. The largest absolute Gasteiger partial charge is 0.394 e. The van der Waals surface area contributed by atoms with Crippen LogP contribution in [0.2, 0.25) is 0 Å². The van der Waals surface area contributed by atoms with E-state index in [1.165, 1.54) is 0 Å². The van der Waals surface area contributed by atoms with Crippen LogP contribution in [0, 0.1) is 0 Å². The fraction of sp³-hybridized carbons (Fsp3) is 0.455. The third-order valence-electron chi connectivity index (χ3n) is 2.77. The number of carbonyl (C=O) groups excluding carboxylic acids is 1. The Balaban J connectivity index is 2.07. The predicted octanol–water partition coefficient (Wildman–Crippen LogP) is 0.565. The number of hydrogen-bond acceptors (Lipinski definition) is 3. The van der Waals surface area contributed by atoms with E-state index in [9.17, 15) is 4.79 Å². The van der Waals surface area contributed by atoms with Gasteiger partial charge in [0.05, 0.1) is 12.6 Å². The van der Waals surface area contributed by atoms with E-state index in [1.807, 2.05) is 12.1 Å². The van der Waals surface area contributed by atoms with Crippen LogP contribution in [-0.4, -0.2) is 33.5 Å². The molecule has 0 radical (unpaired) electrons. The van der Waals surface area contributed by atoms with Crippen LogP contribution in [0.25, 0.3) is 0 Å². The van der Waals surface area contributed by atoms with Crippen molar-refractivity contribution in [1.82, 2.24) is 9.88 Å². The molecule has 4 heteroatoms. The molecule has 2 rings (SSSR count). The Morgan fingerprint density at radius 1 is 1.47 bits per heavy atom. The van der Waals surface area contributed by atoms with E-state index >= 15 is 0 Å². The average Bonchev–Trinajstić information content (AvgIpc) is 2.62. The summed E-state index contributed by atoms with van der Waals surface area (Å²) in [6.07, 6.45) is 4.74. The number of carbonyl (C=O) groups is 1. The standard InChI is InChI=1S/C11H14N2O2/c14-8-10-1-2-11(15)13(10)7-9-3-5-12-6-4-9/h3-6,10,14H,1-2,7-8H2. The second-order valence-electron chi connectivity index (χ2n) is 3.75. The molecule has 0 saturated carbocycles. The van der Waals surface area contributed by atoms with Gasteiger partial charge in [0, 0.05) is 25.4 Å². The lowest BCUT2D eigenvalue weighted by Gasteiger charge is -2.23. The molecule has 1 aliphatic rings. The zero-order valence-electron chi connectivity index (χ0n) is 8.47. The molecular weight excluding hydrogens is 192 g/mol. The fourth-order valence-electron chi connectivity index (χ4n) is 1.89. The highest BCUT2D eigenvalue weighted by molar-refractivity contribution is 5.78. The maximum Gasteiger partial charge on any atom is 0.223 e. The maximum absolute atomic E-state index is 11.5. The maximum atomic E-state index is 11.5. The number of nitrogens with zero attached hydrogens (tertiary/aromatic N) is 2. The summed E-state index contributed by atoms with van der Waals surface area (Å²) in [5, 5.41) is 9.13. The summed E-state index contributed by atoms with van der Waals surface area (Å²) in [6.45, 7) is 0.628. The molecule has 0 bridgehead atoms. The predicted molar refractivity (Wildman–Crippen MR) is 54.9 cm³/mol. The van der Waals surface area contributed by atoms with E-state index in [0.717, 1.165) is 12.0 Å². The Bertz CT molecular complexity index is 340. The minimum absolute atomic E-state index is 0.00864. The second-order valence-corrected chi connectivity index (χ2v) is 3.75. The lowest BCUT2D eigenvalue weighted by Crippen LogP contribution is -2.34. The van der Waals surface area contributed by atoms with Crippen LogP contribution >= 0.6 is 0 Å². The molecule has 0 spiro atoms. The summed E-state index contributed by atoms with van der Waals surface area (Å²) in [4.78, 5) is 17.2. The zero-order valence-corrected chi connectivity index (χ0v) is 8.47. The van der Waals surface area contributed by atoms with E-state index in [0.29, 0.717) is 13.0 Å². The van der Waals surface area contributed by atoms with Crippen molar-refractivity contribution in [2.24, 2.45) is 0 Å². The molecule has 1 aliphatic heterocycles. The molecule has 80 valence electrons. The number of amides is 1. The van der Waals surface area contributed by atoms with Crippen LogP contribution in [0.5, 0.6) is 0 Å². The van der Waals surface area contributed by atoms with Crippen molar-refractivity contribution in [2.45, 2.75) is 25.4 Å². The van der Waals surface area contributed by atoms with Crippen molar-refractivity contribution in [1.29, 1.82) is 0 Å². The van der Waals surface area contributed by atoms with Crippen molar-refractivity contribution in [3.63, 3.8) is 0 Å². The normalized spacial score (nSPS) is 21.0. The summed E-state index contributed by atoms with van der Waals surface area (Å²) in [7, 11) is 0. The quantitative estimate of drug-likeness (QED) is 0.786. The van der Waals surface area contributed by atoms with Gasteiger partial charge >= 0.3 is 0 Å². The molecule has 1 unspecified atom stereocenters. The van der Waals surface area contributed by atoms with Gasteiger partial charge in [0.1, 0.15) is 0 Å². The molecule has 15 heavy (non-hydrogen) atoms. The molecule has 0 aromatic carbocycles. The lowest BCUT2D eigenvalue weighted by atomic mass is 10.2. The average molecular weight is 206 g/mol. The van der Waals surface area contributed by atoms with Gasteiger partial charge in [-0.25, -0.2) is 0 Å². The number of aromatic nitrogens is 1. The molecule has 4 nitrogen and oxygen atoms in total. The number of pyridine rings is 1. The Morgan fingerprint density at radius 3 is 2.87 bits per heavy atom. The van der Waals surface area contributed by atoms with Crippen LogP contribution in [-0.2, 0) is 11.3 Å². The highest BCUT2D eigenvalue weighted by Gasteiger charge is 2.29. The minimum atomic E-state index is -0.00864. The SMILES string of the molecule is O=C1CCC(CO)N1Cc1ccncc1. The highest BCUT2D eigenvalue weighted by Crippen LogP contribution is 2.20. The van der Waals surface area contributed by atoms with Crippen molar-refractivity contribution in [3.05, 3.63) is 30.1 Å². The first-order chi connectivity index (χ1) is 7.31. The van der Waals surface area contributed by atoms with Crippen LogP contribution in [0.3, 0.4) is 0 Å². The summed E-state index contributed by atoms with van der Waals surface area (Å²) in [5.74, 6) is 0.130. The Kier molecular flexibility index (Phi) is 2.97. The van der Waals surface area contributed by atoms with Crippen molar-refractivity contribution >= 4 is 5.91 Å². The van der Waals surface area contributed by atoms with E-state index < -0.39 is 0 Å². The minimum Gasteiger partial charge on any atom is -0.394 e. The molecule has 0 aliphatic carbocycles. The smallest absolute Gasteiger partial charge is 0.223 e. The first-order valence-corrected chi connectivity index (χ1v) is 5.10. The van der Waals surface area contributed by atoms with Gasteiger partial charge in [0.15, 0.2) is 0 Å². The lowest BCUT2D eigenvalue weighted by molar-refractivity contribution is -0.130. The number of rotatable bonds is 3. The first kappa shape index (κ1) is 10.1. The van der Waals surface area contributed by atoms with Gasteiger partial charge in [-0.1, -0.05) is 0 Å². The fourth-order valence-corrected chi connectivity index (χ4v) is 1.89. The molecule has 1 amide bonds. The zero-order chi connectivity index (χ0) is 10.7. The van der Waals surface area contributed by atoms with Crippen molar-refractivity contribution in [2.75, 3.05) is 6.61 Å². The van der Waals surface area contributed by atoms with Crippen LogP contribution in [0.15, 0.2) is 24.5 Å². The number of hydrogen-bond donors (Lipinski definition) is 1. The Labute approximate surface area is 88.6 Å². The van der Waals surface area contributed by atoms with Gasteiger partial charge in [0.2, 0.25) is 5.91 Å². The van der Waals surface area contributed by atoms with Gasteiger partial charge in [0.25, 0.3) is 0 Å². The highest BCUT2D eigenvalue weighted by atomic mass is 16.3. The number of likely N-dealkylation sites (tertiary alicyclic amines) is 1. The van der Waals surface area contributed by atoms with Gasteiger partial charge in [-0.05, 0) is 24.1 Å². The molecule has 1 fully saturated rings. The Morgan fingerprint density at radius 2 is 2.20 bits per heavy atom. The van der Waals surface area contributed by atoms with Gasteiger partial charge in [-0.2, -0.15) is 0 Å². The van der Waals surface area contributed by atoms with E-state index in [1.54, 1.807) is 17.3 Å². The Hall–Kier alpha value is -1.42. The van der Waals surface area contributed by atoms with Crippen LogP contribution in [0.1, 0.15) is 18.4 Å². The number of aliphatic hydroxyl groups excluding tert-OH is 1. The summed E-state index contributed by atoms with van der Waals surface area (Å²) in [6, 6.07) is 3.77. The van der Waals surface area contributed by atoms with Crippen molar-refractivity contribution < 1.29 is 9.90 Å². The molecular formula is C11H14N2O2. The molecule has 1 atom stereocenters. The first-order valence-electron chi connectivity index (χ1n) is 5.10. The number of aliphatic hydroxyl groups is 1. The summed E-state index contributed by atoms with van der Waals surface area (Å²) >= 11 is 0. The third kappa shape index (κ3) is 2.15. The van der Waals surface area contributed by atoms with Gasteiger partial charge in [-0.3, -0.25) is 9.78 Å². The topological polar surface area (TPSA) is 53.4 Å². The van der Waals surface area contributed by atoms with E-state index in [2.05, 4.69) is 4.98 Å². The van der Waals surface area contributed by atoms with E-state index in [4.69, 9.17) is 5.11 Å². The molecule has 2 heterocycles. The summed E-state index contributed by atoms with van der Waals surface area (Å²) < 4.78 is 0. The van der Waals surface area contributed by atoms with E-state index in [-0.39, 0.29) is 18.6 Å². The van der Waals surface area contributed by atoms with Crippen LogP contribution in [0.4, 0.5) is 0 Å². The second kappa shape index (κ2) is 4.40. The molecule has 1 aromatic rings.